The molecule has 0 saturated heterocycles. The van der Waals surface area contributed by atoms with Crippen LogP contribution in [0.15, 0.2) is 24.7 Å². The van der Waals surface area contributed by atoms with Gasteiger partial charge in [-0.1, -0.05) is 12.1 Å². The summed E-state index contributed by atoms with van der Waals surface area (Å²) in [6.07, 6.45) is 3.34. The van der Waals surface area contributed by atoms with Gasteiger partial charge >= 0.3 is 0 Å². The topological polar surface area (TPSA) is 47.0 Å². The van der Waals surface area contributed by atoms with Gasteiger partial charge in [-0.05, 0) is 0 Å². The van der Waals surface area contributed by atoms with Gasteiger partial charge in [-0.2, -0.15) is 0 Å². The van der Waals surface area contributed by atoms with Gasteiger partial charge in [0.15, 0.2) is 0 Å². The van der Waals surface area contributed by atoms with Gasteiger partial charge in [0.1, 0.15) is 12.9 Å². The van der Waals surface area contributed by atoms with Gasteiger partial charge < -0.3 is 0 Å². The SMILES string of the molecule is c1ncc2ccc3c(c2n1)NOC3. The molecule has 2 heterocycles. The number of anilines is 1. The average Bonchev–Trinajstić information content (AvgIpc) is 2.65. The van der Waals surface area contributed by atoms with Crippen molar-refractivity contribution >= 4 is 16.6 Å². The molecule has 3 rings (SSSR count). The second-order valence-electron chi connectivity index (χ2n) is 2.95. The van der Waals surface area contributed by atoms with E-state index in [9.17, 15) is 0 Å². The summed E-state index contributed by atoms with van der Waals surface area (Å²) >= 11 is 0. The highest BCUT2D eigenvalue weighted by molar-refractivity contribution is 5.91. The number of benzene rings is 1. The predicted molar refractivity (Wildman–Crippen MR) is 47.9 cm³/mol. The summed E-state index contributed by atoms with van der Waals surface area (Å²) in [6.45, 7) is 0.606. The van der Waals surface area contributed by atoms with E-state index in [1.807, 2.05) is 12.1 Å². The van der Waals surface area contributed by atoms with Crippen molar-refractivity contribution in [3.05, 3.63) is 30.2 Å². The van der Waals surface area contributed by atoms with Gasteiger partial charge in [-0.15, -0.1) is 0 Å². The summed E-state index contributed by atoms with van der Waals surface area (Å²) in [5.41, 5.74) is 5.89. The number of hydrogen-bond donors (Lipinski definition) is 1. The second-order valence-corrected chi connectivity index (χ2v) is 2.95. The number of rotatable bonds is 0. The number of fused-ring (bicyclic) bond motifs is 3. The molecule has 4 heteroatoms. The van der Waals surface area contributed by atoms with Crippen molar-refractivity contribution in [2.45, 2.75) is 6.61 Å². The molecule has 0 amide bonds. The normalized spacial score (nSPS) is 14.2. The standard InChI is InChI=1S/C9H7N3O/c1-2-7-4-13-12-9(7)8-6(1)3-10-5-11-8/h1-3,5,12H,4H2. The molecule has 0 fully saturated rings. The Labute approximate surface area is 74.5 Å². The zero-order chi connectivity index (χ0) is 8.67. The molecule has 1 aromatic heterocycles. The molecule has 13 heavy (non-hydrogen) atoms. The lowest BCUT2D eigenvalue weighted by molar-refractivity contribution is 0.202. The Morgan fingerprint density at radius 2 is 2.38 bits per heavy atom. The molecule has 1 aromatic carbocycles. The van der Waals surface area contributed by atoms with E-state index in [2.05, 4.69) is 15.4 Å². The average molecular weight is 173 g/mol. The lowest BCUT2D eigenvalue weighted by atomic mass is 10.1. The van der Waals surface area contributed by atoms with Crippen LogP contribution in [-0.4, -0.2) is 9.97 Å². The van der Waals surface area contributed by atoms with Crippen LogP contribution in [0.25, 0.3) is 10.9 Å². The fraction of sp³-hybridized carbons (Fsp3) is 0.111. The van der Waals surface area contributed by atoms with Gasteiger partial charge in [0.25, 0.3) is 0 Å². The third-order valence-corrected chi connectivity index (χ3v) is 2.16. The molecular weight excluding hydrogens is 166 g/mol. The van der Waals surface area contributed by atoms with Crippen molar-refractivity contribution < 1.29 is 4.84 Å². The first-order chi connectivity index (χ1) is 6.45. The first kappa shape index (κ1) is 6.80. The molecule has 64 valence electrons. The van der Waals surface area contributed by atoms with E-state index < -0.39 is 0 Å². The van der Waals surface area contributed by atoms with Crippen molar-refractivity contribution in [1.82, 2.24) is 9.97 Å². The van der Waals surface area contributed by atoms with Crippen molar-refractivity contribution in [3.8, 4) is 0 Å². The molecule has 0 atom stereocenters. The van der Waals surface area contributed by atoms with Gasteiger partial charge in [0.2, 0.25) is 0 Å². The van der Waals surface area contributed by atoms with Gasteiger partial charge in [0, 0.05) is 17.1 Å². The van der Waals surface area contributed by atoms with Crippen LogP contribution in [0.5, 0.6) is 0 Å². The third-order valence-electron chi connectivity index (χ3n) is 2.16. The van der Waals surface area contributed by atoms with Crippen molar-refractivity contribution in [2.24, 2.45) is 0 Å². The van der Waals surface area contributed by atoms with Crippen LogP contribution in [-0.2, 0) is 11.4 Å². The van der Waals surface area contributed by atoms with Crippen LogP contribution in [0.3, 0.4) is 0 Å². The summed E-state index contributed by atoms with van der Waals surface area (Å²) in [5, 5.41) is 1.03. The van der Waals surface area contributed by atoms with Crippen molar-refractivity contribution in [1.29, 1.82) is 0 Å². The zero-order valence-electron chi connectivity index (χ0n) is 6.82. The van der Waals surface area contributed by atoms with Crippen LogP contribution >= 0.6 is 0 Å². The fourth-order valence-electron chi connectivity index (χ4n) is 1.52. The molecule has 2 aromatic rings. The number of hydrogen-bond acceptors (Lipinski definition) is 4. The van der Waals surface area contributed by atoms with E-state index in [0.29, 0.717) is 6.61 Å². The predicted octanol–water partition coefficient (Wildman–Crippen LogP) is 1.49. The largest absolute Gasteiger partial charge is 0.271 e. The first-order valence-corrected chi connectivity index (χ1v) is 4.04. The summed E-state index contributed by atoms with van der Waals surface area (Å²) in [7, 11) is 0. The lowest BCUT2D eigenvalue weighted by Crippen LogP contribution is -1.90. The Hall–Kier alpha value is -1.68. The van der Waals surface area contributed by atoms with Crippen LogP contribution in [0.1, 0.15) is 5.56 Å². The molecule has 1 aliphatic heterocycles. The van der Waals surface area contributed by atoms with E-state index >= 15 is 0 Å². The summed E-state index contributed by atoms with van der Waals surface area (Å²) < 4.78 is 0. The molecule has 0 bridgehead atoms. The first-order valence-electron chi connectivity index (χ1n) is 4.04. The minimum Gasteiger partial charge on any atom is -0.271 e. The number of nitrogens with zero attached hydrogens (tertiary/aromatic N) is 2. The van der Waals surface area contributed by atoms with E-state index in [-0.39, 0.29) is 0 Å². The van der Waals surface area contributed by atoms with Crippen LogP contribution in [0.4, 0.5) is 5.69 Å². The minimum atomic E-state index is 0.606. The molecule has 1 aliphatic rings. The molecule has 0 aliphatic carbocycles. The summed E-state index contributed by atoms with van der Waals surface area (Å²) in [4.78, 5) is 13.3. The smallest absolute Gasteiger partial charge is 0.116 e. The highest BCUT2D eigenvalue weighted by Gasteiger charge is 2.14. The van der Waals surface area contributed by atoms with E-state index in [4.69, 9.17) is 4.84 Å². The van der Waals surface area contributed by atoms with E-state index in [1.165, 1.54) is 0 Å². The fourth-order valence-corrected chi connectivity index (χ4v) is 1.52. The second kappa shape index (κ2) is 2.40. The maximum atomic E-state index is 5.11. The molecule has 1 N–H and O–H groups in total. The number of nitrogens with one attached hydrogen (secondary N) is 1. The summed E-state index contributed by atoms with van der Waals surface area (Å²) in [6, 6.07) is 4.03. The molecule has 0 radical (unpaired) electrons. The Bertz CT molecular complexity index is 469. The molecular formula is C9H7N3O. The van der Waals surface area contributed by atoms with E-state index in [1.54, 1.807) is 12.5 Å². The Balaban J connectivity index is 2.43. The molecule has 0 saturated carbocycles. The Morgan fingerprint density at radius 3 is 3.38 bits per heavy atom. The van der Waals surface area contributed by atoms with Crippen LogP contribution in [0, 0.1) is 0 Å². The van der Waals surface area contributed by atoms with Gasteiger partial charge in [-0.25, -0.2) is 9.97 Å². The quantitative estimate of drug-likeness (QED) is 0.655. The highest BCUT2D eigenvalue weighted by Crippen LogP contribution is 2.29. The maximum absolute atomic E-state index is 5.11. The van der Waals surface area contributed by atoms with Gasteiger partial charge in [0.05, 0.1) is 11.2 Å². The lowest BCUT2D eigenvalue weighted by Gasteiger charge is -2.00. The van der Waals surface area contributed by atoms with E-state index in [0.717, 1.165) is 22.2 Å². The summed E-state index contributed by atoms with van der Waals surface area (Å²) in [5.74, 6) is 0. The van der Waals surface area contributed by atoms with Crippen molar-refractivity contribution in [2.75, 3.05) is 5.48 Å². The monoisotopic (exact) mass is 173 g/mol. The Kier molecular flexibility index (Phi) is 1.26. The zero-order valence-corrected chi connectivity index (χ0v) is 6.82. The molecule has 0 unspecified atom stereocenters. The molecule has 4 nitrogen and oxygen atoms in total. The minimum absolute atomic E-state index is 0.606. The van der Waals surface area contributed by atoms with Crippen LogP contribution < -0.4 is 5.48 Å². The maximum Gasteiger partial charge on any atom is 0.116 e. The Morgan fingerprint density at radius 1 is 1.38 bits per heavy atom. The third kappa shape index (κ3) is 0.891. The van der Waals surface area contributed by atoms with Crippen LogP contribution in [0.2, 0.25) is 0 Å². The van der Waals surface area contributed by atoms with Crippen molar-refractivity contribution in [3.63, 3.8) is 0 Å². The van der Waals surface area contributed by atoms with Gasteiger partial charge in [-0.3, -0.25) is 10.3 Å². The number of aromatic nitrogens is 2. The highest BCUT2D eigenvalue weighted by atomic mass is 16.6. The molecule has 0 spiro atoms.